The molecule has 2 aliphatic heterocycles. The molecule has 2 heterocycles. The molecule has 0 aliphatic carbocycles. The zero-order valence-corrected chi connectivity index (χ0v) is 12.5. The van der Waals surface area contributed by atoms with E-state index in [1.54, 1.807) is 0 Å². The predicted octanol–water partition coefficient (Wildman–Crippen LogP) is 1.36. The number of amides is 1. The van der Waals surface area contributed by atoms with E-state index in [4.69, 9.17) is 4.84 Å². The van der Waals surface area contributed by atoms with Crippen LogP contribution in [0.2, 0.25) is 0 Å². The molecule has 0 radical (unpaired) electrons. The first kappa shape index (κ1) is 14.1. The summed E-state index contributed by atoms with van der Waals surface area (Å²) in [6, 6.07) is 8.66. The van der Waals surface area contributed by atoms with Crippen molar-refractivity contribution in [1.29, 1.82) is 0 Å². The lowest BCUT2D eigenvalue weighted by Crippen LogP contribution is -2.47. The van der Waals surface area contributed by atoms with E-state index in [0.717, 1.165) is 30.5 Å². The summed E-state index contributed by atoms with van der Waals surface area (Å²) in [5.74, 6) is 6.33. The molecule has 0 saturated carbocycles. The van der Waals surface area contributed by atoms with Crippen LogP contribution in [-0.4, -0.2) is 48.7 Å². The van der Waals surface area contributed by atoms with Gasteiger partial charge < -0.3 is 4.48 Å². The molecule has 0 N–H and O–H groups in total. The fourth-order valence-corrected chi connectivity index (χ4v) is 2.92. The maximum atomic E-state index is 11.4. The summed E-state index contributed by atoms with van der Waals surface area (Å²) < 4.78 is 0.943. The quantitative estimate of drug-likeness (QED) is 0.606. The average molecular weight is 285 g/mol. The second-order valence-corrected chi connectivity index (χ2v) is 6.05. The van der Waals surface area contributed by atoms with E-state index in [9.17, 15) is 4.79 Å². The van der Waals surface area contributed by atoms with Crippen LogP contribution in [0.15, 0.2) is 24.3 Å². The van der Waals surface area contributed by atoms with Crippen LogP contribution in [0.25, 0.3) is 0 Å². The first-order chi connectivity index (χ1) is 10.2. The monoisotopic (exact) mass is 285 g/mol. The first-order valence-electron chi connectivity index (χ1n) is 7.46. The number of likely N-dealkylation sites (N-methyl/N-ethyl adjacent to an activating group) is 1. The van der Waals surface area contributed by atoms with Crippen molar-refractivity contribution in [1.82, 2.24) is 5.06 Å². The Balaban J connectivity index is 1.57. The molecule has 3 rings (SSSR count). The van der Waals surface area contributed by atoms with Gasteiger partial charge in [0, 0.05) is 12.0 Å². The molecule has 1 fully saturated rings. The highest BCUT2D eigenvalue weighted by Crippen LogP contribution is 2.22. The average Bonchev–Trinajstić information content (AvgIpc) is 2.89. The summed E-state index contributed by atoms with van der Waals surface area (Å²) >= 11 is 0. The zero-order chi connectivity index (χ0) is 14.7. The van der Waals surface area contributed by atoms with E-state index >= 15 is 0 Å². The van der Waals surface area contributed by atoms with Crippen LogP contribution in [0.3, 0.4) is 0 Å². The van der Waals surface area contributed by atoms with Crippen LogP contribution in [0, 0.1) is 11.8 Å². The number of hydroxylamine groups is 2. The van der Waals surface area contributed by atoms with Gasteiger partial charge in [0.25, 0.3) is 0 Å². The summed E-state index contributed by atoms with van der Waals surface area (Å²) in [5, 5.41) is 1.37. The van der Waals surface area contributed by atoms with Gasteiger partial charge in [0.15, 0.2) is 0 Å². The standard InChI is InChI=1S/C17H21N2O2/c1-19(11-5-4-10-18-17(20)9-13-21-18)12-8-15-6-2-3-7-16(15)14-19/h2-3,6-7H,8-14H2,1H3/q+1. The lowest BCUT2D eigenvalue weighted by molar-refractivity contribution is -0.917. The molecule has 21 heavy (non-hydrogen) atoms. The van der Waals surface area contributed by atoms with Gasteiger partial charge >= 0.3 is 0 Å². The lowest BCUT2D eigenvalue weighted by Gasteiger charge is -2.37. The van der Waals surface area contributed by atoms with Crippen LogP contribution in [0.1, 0.15) is 17.5 Å². The molecule has 1 saturated heterocycles. The minimum absolute atomic E-state index is 0.0385. The van der Waals surface area contributed by atoms with Crippen LogP contribution >= 0.6 is 0 Å². The molecule has 1 amide bonds. The van der Waals surface area contributed by atoms with Crippen molar-refractivity contribution >= 4 is 5.91 Å². The number of carbonyl (C=O) groups is 1. The number of nitrogens with zero attached hydrogens (tertiary/aromatic N) is 2. The van der Waals surface area contributed by atoms with E-state index in [0.29, 0.717) is 19.6 Å². The molecule has 4 heteroatoms. The van der Waals surface area contributed by atoms with Crippen molar-refractivity contribution in [3.05, 3.63) is 35.4 Å². The first-order valence-corrected chi connectivity index (χ1v) is 7.46. The summed E-state index contributed by atoms with van der Waals surface area (Å²) in [6.45, 7) is 3.84. The fourth-order valence-electron chi connectivity index (χ4n) is 2.92. The smallest absolute Gasteiger partial charge is 0.249 e. The summed E-state index contributed by atoms with van der Waals surface area (Å²) in [5.41, 5.74) is 2.91. The van der Waals surface area contributed by atoms with Gasteiger partial charge in [0.2, 0.25) is 5.91 Å². The molecule has 1 aromatic carbocycles. The third-order valence-electron chi connectivity index (χ3n) is 4.24. The molecule has 0 bridgehead atoms. The van der Waals surface area contributed by atoms with Gasteiger partial charge in [-0.05, 0) is 11.5 Å². The van der Waals surface area contributed by atoms with Crippen LogP contribution in [0.5, 0.6) is 0 Å². The van der Waals surface area contributed by atoms with Gasteiger partial charge in [-0.3, -0.25) is 9.63 Å². The minimum Gasteiger partial charge on any atom is -0.312 e. The number of quaternary nitrogens is 1. The molecule has 1 aromatic rings. The number of rotatable bonds is 2. The summed E-state index contributed by atoms with van der Waals surface area (Å²) in [4.78, 5) is 16.6. The Hall–Kier alpha value is -1.83. The topological polar surface area (TPSA) is 29.5 Å². The largest absolute Gasteiger partial charge is 0.312 e. The Bertz CT molecular complexity index is 602. The van der Waals surface area contributed by atoms with Gasteiger partial charge in [-0.2, -0.15) is 0 Å². The molecule has 1 unspecified atom stereocenters. The molecule has 110 valence electrons. The summed E-state index contributed by atoms with van der Waals surface area (Å²) in [7, 11) is 2.25. The fraction of sp³-hybridized carbons (Fsp3) is 0.471. The molecular weight excluding hydrogens is 264 g/mol. The Morgan fingerprint density at radius 2 is 2.05 bits per heavy atom. The van der Waals surface area contributed by atoms with Crippen molar-refractivity contribution in [2.45, 2.75) is 19.4 Å². The van der Waals surface area contributed by atoms with E-state index in [2.05, 4.69) is 43.2 Å². The van der Waals surface area contributed by atoms with Crippen molar-refractivity contribution in [2.24, 2.45) is 0 Å². The van der Waals surface area contributed by atoms with E-state index in [-0.39, 0.29) is 5.91 Å². The Labute approximate surface area is 125 Å². The zero-order valence-electron chi connectivity index (χ0n) is 12.5. The summed E-state index contributed by atoms with van der Waals surface area (Å²) in [6.07, 6.45) is 1.59. The highest BCUT2D eigenvalue weighted by Gasteiger charge is 2.27. The minimum atomic E-state index is 0.0385. The van der Waals surface area contributed by atoms with Gasteiger partial charge in [-0.25, -0.2) is 5.06 Å². The van der Waals surface area contributed by atoms with Gasteiger partial charge in [-0.15, -0.1) is 0 Å². The molecule has 1 atom stereocenters. The van der Waals surface area contributed by atoms with Gasteiger partial charge in [0.05, 0.1) is 26.6 Å². The van der Waals surface area contributed by atoms with E-state index in [1.165, 1.54) is 16.2 Å². The third-order valence-corrected chi connectivity index (χ3v) is 4.24. The van der Waals surface area contributed by atoms with Crippen LogP contribution in [-0.2, 0) is 22.6 Å². The van der Waals surface area contributed by atoms with Gasteiger partial charge in [-0.1, -0.05) is 30.2 Å². The maximum Gasteiger partial charge on any atom is 0.249 e. The molecule has 4 nitrogen and oxygen atoms in total. The highest BCUT2D eigenvalue weighted by molar-refractivity contribution is 5.76. The van der Waals surface area contributed by atoms with Crippen molar-refractivity contribution in [2.75, 3.05) is 33.3 Å². The predicted molar refractivity (Wildman–Crippen MR) is 79.8 cm³/mol. The van der Waals surface area contributed by atoms with Crippen LogP contribution in [0.4, 0.5) is 0 Å². The molecule has 0 aromatic heterocycles. The Morgan fingerprint density at radius 3 is 2.81 bits per heavy atom. The normalized spacial score (nSPS) is 24.4. The van der Waals surface area contributed by atoms with Crippen LogP contribution < -0.4 is 0 Å². The van der Waals surface area contributed by atoms with Crippen molar-refractivity contribution in [3.63, 3.8) is 0 Å². The van der Waals surface area contributed by atoms with Crippen molar-refractivity contribution in [3.8, 4) is 11.8 Å². The van der Waals surface area contributed by atoms with E-state index in [1.807, 2.05) is 0 Å². The second kappa shape index (κ2) is 5.88. The molecule has 2 aliphatic rings. The SMILES string of the molecule is C[N+]1(CC#CCN2OCCC2=O)CCc2ccccc2C1. The van der Waals surface area contributed by atoms with Crippen molar-refractivity contribution < 1.29 is 14.1 Å². The number of fused-ring (bicyclic) bond motifs is 1. The maximum absolute atomic E-state index is 11.4. The third kappa shape index (κ3) is 3.26. The number of carbonyl (C=O) groups excluding carboxylic acids is 1. The van der Waals surface area contributed by atoms with E-state index < -0.39 is 0 Å². The second-order valence-electron chi connectivity index (χ2n) is 6.05. The highest BCUT2D eigenvalue weighted by atomic mass is 16.7. The number of hydrogen-bond donors (Lipinski definition) is 0. The van der Waals surface area contributed by atoms with Gasteiger partial charge in [0.1, 0.15) is 19.6 Å². The Kier molecular flexibility index (Phi) is 3.96. The molecule has 0 spiro atoms. The lowest BCUT2D eigenvalue weighted by atomic mass is 9.98. The number of hydrogen-bond acceptors (Lipinski definition) is 2. The Morgan fingerprint density at radius 1 is 1.24 bits per heavy atom. The number of benzene rings is 1. The molecular formula is C17H21N2O2+.